The monoisotopic (exact) mass is 464 g/mol. The number of fused-ring (bicyclic) bond motifs is 1. The first kappa shape index (κ1) is 23.4. The molecule has 8 nitrogen and oxygen atoms in total. The quantitative estimate of drug-likeness (QED) is 0.487. The molecule has 178 valence electrons. The highest BCUT2D eigenvalue weighted by atomic mass is 16.5. The molecular weight excluding hydrogens is 436 g/mol. The van der Waals surface area contributed by atoms with Crippen LogP contribution in [0, 0.1) is 0 Å². The maximum atomic E-state index is 13.1. The van der Waals surface area contributed by atoms with Gasteiger partial charge in [-0.2, -0.15) is 0 Å². The second kappa shape index (κ2) is 10.4. The summed E-state index contributed by atoms with van der Waals surface area (Å²) in [5.74, 6) is 0.672. The van der Waals surface area contributed by atoms with Crippen molar-refractivity contribution in [1.29, 1.82) is 0 Å². The molecule has 8 heteroatoms. The van der Waals surface area contributed by atoms with Gasteiger partial charge in [-0.05, 0) is 43.5 Å². The first-order valence-electron chi connectivity index (χ1n) is 11.2. The van der Waals surface area contributed by atoms with Gasteiger partial charge in [-0.25, -0.2) is 9.78 Å². The Morgan fingerprint density at radius 2 is 1.59 bits per heavy atom. The molecule has 34 heavy (non-hydrogen) atoms. The van der Waals surface area contributed by atoms with Crippen molar-refractivity contribution in [2.45, 2.75) is 19.3 Å². The predicted octanol–water partition coefficient (Wildman–Crippen LogP) is 4.10. The molecule has 0 spiro atoms. The number of benzene rings is 2. The van der Waals surface area contributed by atoms with Crippen LogP contribution in [0.25, 0.3) is 22.2 Å². The normalized spacial score (nSPS) is 13.4. The zero-order valence-corrected chi connectivity index (χ0v) is 19.6. The highest BCUT2D eigenvalue weighted by Gasteiger charge is 2.21. The van der Waals surface area contributed by atoms with Crippen LogP contribution in [-0.2, 0) is 9.53 Å². The van der Waals surface area contributed by atoms with E-state index < -0.39 is 5.97 Å². The molecule has 1 saturated heterocycles. The highest BCUT2D eigenvalue weighted by Crippen LogP contribution is 2.41. The Bertz CT molecular complexity index is 1180. The van der Waals surface area contributed by atoms with Gasteiger partial charge in [0.2, 0.25) is 5.75 Å². The molecule has 1 aliphatic heterocycles. The van der Waals surface area contributed by atoms with Gasteiger partial charge in [-0.1, -0.05) is 18.2 Å². The average molecular weight is 465 g/mol. The third kappa shape index (κ3) is 4.76. The first-order chi connectivity index (χ1) is 16.5. The van der Waals surface area contributed by atoms with Crippen molar-refractivity contribution >= 4 is 22.8 Å². The molecule has 0 N–H and O–H groups in total. The van der Waals surface area contributed by atoms with E-state index in [0.717, 1.165) is 19.3 Å². The Labute approximate surface area is 198 Å². The summed E-state index contributed by atoms with van der Waals surface area (Å²) in [6.45, 7) is 1.13. The van der Waals surface area contributed by atoms with Crippen LogP contribution in [0.1, 0.15) is 29.6 Å². The van der Waals surface area contributed by atoms with E-state index in [0.29, 0.717) is 58.1 Å². The molecular formula is C26H28N2O6. The van der Waals surface area contributed by atoms with E-state index in [1.54, 1.807) is 23.1 Å². The SMILES string of the molecule is COc1cc(-c2cc(C(=O)OCC(=O)N3CCCCC3)c3ccccc3n2)cc(OC)c1OC. The molecule has 0 bridgehead atoms. The summed E-state index contributed by atoms with van der Waals surface area (Å²) >= 11 is 0. The van der Waals surface area contributed by atoms with Crippen LogP contribution in [0.2, 0.25) is 0 Å². The lowest BCUT2D eigenvalue weighted by molar-refractivity contribution is -0.135. The summed E-state index contributed by atoms with van der Waals surface area (Å²) in [5.41, 5.74) is 2.18. The maximum Gasteiger partial charge on any atom is 0.339 e. The van der Waals surface area contributed by atoms with E-state index in [2.05, 4.69) is 0 Å². The molecule has 2 heterocycles. The highest BCUT2D eigenvalue weighted by molar-refractivity contribution is 6.05. The Hall–Kier alpha value is -3.81. The molecule has 1 fully saturated rings. The van der Waals surface area contributed by atoms with Crippen molar-refractivity contribution < 1.29 is 28.5 Å². The molecule has 0 saturated carbocycles. The zero-order valence-electron chi connectivity index (χ0n) is 19.6. The van der Waals surface area contributed by atoms with Gasteiger partial charge in [0.25, 0.3) is 5.91 Å². The van der Waals surface area contributed by atoms with Crippen LogP contribution in [0.15, 0.2) is 42.5 Å². The van der Waals surface area contributed by atoms with Crippen molar-refractivity contribution in [3.8, 4) is 28.5 Å². The number of carbonyl (C=O) groups excluding carboxylic acids is 2. The summed E-state index contributed by atoms with van der Waals surface area (Å²) in [6.07, 6.45) is 3.08. The lowest BCUT2D eigenvalue weighted by Gasteiger charge is -2.26. The maximum absolute atomic E-state index is 13.1. The number of nitrogens with zero attached hydrogens (tertiary/aromatic N) is 2. The number of pyridine rings is 1. The molecule has 1 aromatic heterocycles. The topological polar surface area (TPSA) is 87.2 Å². The molecule has 3 aromatic rings. The average Bonchev–Trinajstić information content (AvgIpc) is 2.90. The molecule has 1 aliphatic rings. The van der Waals surface area contributed by atoms with Crippen LogP contribution < -0.4 is 14.2 Å². The van der Waals surface area contributed by atoms with Crippen molar-refractivity contribution in [3.63, 3.8) is 0 Å². The Morgan fingerprint density at radius 3 is 2.24 bits per heavy atom. The third-order valence-electron chi connectivity index (χ3n) is 5.93. The number of hydrogen-bond acceptors (Lipinski definition) is 7. The molecule has 2 aromatic carbocycles. The second-order valence-corrected chi connectivity index (χ2v) is 8.00. The van der Waals surface area contributed by atoms with E-state index in [-0.39, 0.29) is 12.5 Å². The number of piperidine rings is 1. The van der Waals surface area contributed by atoms with E-state index in [1.807, 2.05) is 24.3 Å². The van der Waals surface area contributed by atoms with Gasteiger partial charge >= 0.3 is 5.97 Å². The minimum Gasteiger partial charge on any atom is -0.493 e. The molecule has 0 radical (unpaired) electrons. The van der Waals surface area contributed by atoms with Crippen LogP contribution in [-0.4, -0.2) is 62.8 Å². The zero-order chi connectivity index (χ0) is 24.1. The van der Waals surface area contributed by atoms with Gasteiger partial charge in [0.1, 0.15) is 0 Å². The number of carbonyl (C=O) groups is 2. The van der Waals surface area contributed by atoms with Gasteiger partial charge in [-0.3, -0.25) is 4.79 Å². The smallest absolute Gasteiger partial charge is 0.339 e. The Kier molecular flexibility index (Phi) is 7.15. The third-order valence-corrected chi connectivity index (χ3v) is 5.93. The van der Waals surface area contributed by atoms with Crippen LogP contribution in [0.4, 0.5) is 0 Å². The minimum atomic E-state index is -0.572. The van der Waals surface area contributed by atoms with Gasteiger partial charge in [0, 0.05) is 24.0 Å². The van der Waals surface area contributed by atoms with E-state index in [9.17, 15) is 9.59 Å². The van der Waals surface area contributed by atoms with Crippen LogP contribution in [0.3, 0.4) is 0 Å². The summed E-state index contributed by atoms with van der Waals surface area (Å²) in [6, 6.07) is 12.5. The van der Waals surface area contributed by atoms with Crippen molar-refractivity contribution in [2.24, 2.45) is 0 Å². The fourth-order valence-electron chi connectivity index (χ4n) is 4.16. The van der Waals surface area contributed by atoms with Crippen LogP contribution in [0.5, 0.6) is 17.2 Å². The van der Waals surface area contributed by atoms with Crippen molar-refractivity contribution in [3.05, 3.63) is 48.0 Å². The standard InChI is InChI=1S/C26H28N2O6/c1-31-22-13-17(14-23(32-2)25(22)33-3)21-15-19(18-9-5-6-10-20(18)27-21)26(30)34-16-24(29)28-11-7-4-8-12-28/h5-6,9-10,13-15H,4,7-8,11-12,16H2,1-3H3. The molecule has 0 atom stereocenters. The summed E-state index contributed by atoms with van der Waals surface area (Å²) < 4.78 is 21.8. The van der Waals surface area contributed by atoms with E-state index in [4.69, 9.17) is 23.9 Å². The Balaban J connectivity index is 1.68. The lowest BCUT2D eigenvalue weighted by atomic mass is 10.0. The fourth-order valence-corrected chi connectivity index (χ4v) is 4.16. The van der Waals surface area contributed by atoms with Gasteiger partial charge in [-0.15, -0.1) is 0 Å². The number of aromatic nitrogens is 1. The number of esters is 1. The lowest BCUT2D eigenvalue weighted by Crippen LogP contribution is -2.38. The molecule has 0 unspecified atom stereocenters. The van der Waals surface area contributed by atoms with E-state index >= 15 is 0 Å². The number of para-hydroxylation sites is 1. The predicted molar refractivity (Wildman–Crippen MR) is 128 cm³/mol. The number of likely N-dealkylation sites (tertiary alicyclic amines) is 1. The summed E-state index contributed by atoms with van der Waals surface area (Å²) in [5, 5.41) is 0.647. The van der Waals surface area contributed by atoms with Gasteiger partial charge in [0.15, 0.2) is 18.1 Å². The minimum absolute atomic E-state index is 0.170. The number of hydrogen-bond donors (Lipinski definition) is 0. The largest absolute Gasteiger partial charge is 0.493 e. The van der Waals surface area contributed by atoms with Gasteiger partial charge in [0.05, 0.1) is 38.1 Å². The second-order valence-electron chi connectivity index (χ2n) is 8.00. The molecule has 0 aliphatic carbocycles. The summed E-state index contributed by atoms with van der Waals surface area (Å²) in [4.78, 5) is 32.1. The number of ether oxygens (including phenoxy) is 4. The Morgan fingerprint density at radius 1 is 0.912 bits per heavy atom. The number of rotatable bonds is 7. The molecule has 1 amide bonds. The van der Waals surface area contributed by atoms with Crippen molar-refractivity contribution in [2.75, 3.05) is 41.0 Å². The van der Waals surface area contributed by atoms with Crippen LogP contribution >= 0.6 is 0 Å². The fraction of sp³-hybridized carbons (Fsp3) is 0.346. The molecule has 4 rings (SSSR count). The van der Waals surface area contributed by atoms with Crippen molar-refractivity contribution in [1.82, 2.24) is 9.88 Å². The number of amides is 1. The number of methoxy groups -OCH3 is 3. The van der Waals surface area contributed by atoms with E-state index in [1.165, 1.54) is 21.3 Å². The summed E-state index contributed by atoms with van der Waals surface area (Å²) in [7, 11) is 4.61. The first-order valence-corrected chi connectivity index (χ1v) is 11.2. The van der Waals surface area contributed by atoms with Gasteiger partial charge < -0.3 is 23.8 Å².